The summed E-state index contributed by atoms with van der Waals surface area (Å²) in [6, 6.07) is 8.38. The number of hydrogen-bond donors (Lipinski definition) is 1. The second-order valence-corrected chi connectivity index (χ2v) is 5.93. The third-order valence-electron chi connectivity index (χ3n) is 3.62. The minimum absolute atomic E-state index is 0.0311. The van der Waals surface area contributed by atoms with Crippen LogP contribution >= 0.6 is 11.6 Å². The van der Waals surface area contributed by atoms with Gasteiger partial charge >= 0.3 is 5.97 Å². The van der Waals surface area contributed by atoms with Crippen LogP contribution in [0.2, 0.25) is 5.02 Å². The van der Waals surface area contributed by atoms with E-state index in [1.807, 2.05) is 6.07 Å². The van der Waals surface area contributed by atoms with Gasteiger partial charge < -0.3 is 19.2 Å². The Balaban J connectivity index is 1.87. The maximum absolute atomic E-state index is 12.3. The Labute approximate surface area is 150 Å². The van der Waals surface area contributed by atoms with Crippen LogP contribution in [0.3, 0.4) is 0 Å². The molecule has 25 heavy (non-hydrogen) atoms. The molecule has 2 rings (SSSR count). The van der Waals surface area contributed by atoms with E-state index in [1.165, 1.54) is 11.0 Å². The Morgan fingerprint density at radius 1 is 1.32 bits per heavy atom. The molecule has 0 saturated carbocycles. The van der Waals surface area contributed by atoms with E-state index in [1.54, 1.807) is 32.2 Å². The molecule has 0 bridgehead atoms. The van der Waals surface area contributed by atoms with Gasteiger partial charge in [0.25, 0.3) is 5.91 Å². The van der Waals surface area contributed by atoms with Crippen molar-refractivity contribution in [2.45, 2.75) is 19.8 Å². The Kier molecular flexibility index (Phi) is 6.47. The summed E-state index contributed by atoms with van der Waals surface area (Å²) < 4.78 is 11.0. The molecule has 0 radical (unpaired) electrons. The van der Waals surface area contributed by atoms with Crippen molar-refractivity contribution >= 4 is 23.5 Å². The zero-order valence-electron chi connectivity index (χ0n) is 14.1. The number of hydrogen-bond acceptors (Lipinski definition) is 4. The van der Waals surface area contributed by atoms with Crippen LogP contribution < -0.4 is 4.74 Å². The molecule has 0 unspecified atom stereocenters. The van der Waals surface area contributed by atoms with Crippen molar-refractivity contribution in [2.75, 3.05) is 20.2 Å². The summed E-state index contributed by atoms with van der Waals surface area (Å²) in [4.78, 5) is 25.0. The molecular weight excluding hydrogens is 346 g/mol. The lowest BCUT2D eigenvalue weighted by atomic mass is 10.2. The number of rotatable bonds is 8. The molecule has 0 aliphatic rings. The fourth-order valence-electron chi connectivity index (χ4n) is 2.32. The summed E-state index contributed by atoms with van der Waals surface area (Å²) in [5, 5.41) is 9.72. The monoisotopic (exact) mass is 365 g/mol. The summed E-state index contributed by atoms with van der Waals surface area (Å²) in [6.07, 6.45) is 1.02. The van der Waals surface area contributed by atoms with Crippen molar-refractivity contribution < 1.29 is 23.8 Å². The van der Waals surface area contributed by atoms with Crippen molar-refractivity contribution in [1.82, 2.24) is 4.90 Å². The highest BCUT2D eigenvalue weighted by Crippen LogP contribution is 2.19. The Morgan fingerprint density at radius 2 is 2.08 bits per heavy atom. The first kappa shape index (κ1) is 18.9. The molecule has 0 spiro atoms. The molecule has 0 atom stereocenters. The highest BCUT2D eigenvalue weighted by Gasteiger charge is 2.22. The van der Waals surface area contributed by atoms with Gasteiger partial charge in [0.15, 0.2) is 5.76 Å². The lowest BCUT2D eigenvalue weighted by molar-refractivity contribution is 0.0692. The Bertz CT molecular complexity index is 756. The number of ether oxygens (including phenoxy) is 1. The van der Waals surface area contributed by atoms with Gasteiger partial charge in [0.05, 0.1) is 6.61 Å². The van der Waals surface area contributed by atoms with E-state index in [0.717, 1.165) is 0 Å². The van der Waals surface area contributed by atoms with Crippen LogP contribution in [0, 0.1) is 0 Å². The molecule has 1 amide bonds. The number of carbonyl (C=O) groups is 2. The number of nitrogens with zero attached hydrogens (tertiary/aromatic N) is 1. The van der Waals surface area contributed by atoms with Crippen molar-refractivity contribution in [2.24, 2.45) is 0 Å². The number of carboxylic acid groups (broad SMARTS) is 1. The highest BCUT2D eigenvalue weighted by atomic mass is 35.5. The fourth-order valence-corrected chi connectivity index (χ4v) is 2.50. The first-order chi connectivity index (χ1) is 11.9. The summed E-state index contributed by atoms with van der Waals surface area (Å²) >= 11 is 5.88. The van der Waals surface area contributed by atoms with Gasteiger partial charge in [-0.1, -0.05) is 24.6 Å². The minimum Gasteiger partial charge on any atom is -0.493 e. The standard InChI is InChI=1S/C18H20ClNO5/c1-3-15-14(18(22)23)11-16(25-15)17(21)20(2)8-5-9-24-13-7-4-6-12(19)10-13/h4,6-7,10-11H,3,5,8-9H2,1-2H3,(H,22,23). The number of carboxylic acids is 1. The maximum Gasteiger partial charge on any atom is 0.339 e. The summed E-state index contributed by atoms with van der Waals surface area (Å²) in [7, 11) is 1.64. The molecule has 0 fully saturated rings. The predicted molar refractivity (Wildman–Crippen MR) is 93.6 cm³/mol. The molecule has 134 valence electrons. The molecule has 0 aliphatic heterocycles. The zero-order valence-corrected chi connectivity index (χ0v) is 14.9. The molecule has 2 aromatic rings. The number of carbonyl (C=O) groups excluding carboxylic acids is 1. The quantitative estimate of drug-likeness (QED) is 0.721. The Hall–Kier alpha value is -2.47. The van der Waals surface area contributed by atoms with Gasteiger partial charge in [-0.05, 0) is 24.6 Å². The van der Waals surface area contributed by atoms with Crippen LogP contribution in [0.4, 0.5) is 0 Å². The van der Waals surface area contributed by atoms with E-state index >= 15 is 0 Å². The van der Waals surface area contributed by atoms with Crippen LogP contribution in [-0.4, -0.2) is 42.1 Å². The van der Waals surface area contributed by atoms with Crippen LogP contribution in [0.25, 0.3) is 0 Å². The van der Waals surface area contributed by atoms with E-state index in [4.69, 9.17) is 25.9 Å². The first-order valence-corrected chi connectivity index (χ1v) is 8.30. The second kappa shape index (κ2) is 8.58. The number of amides is 1. The average molecular weight is 366 g/mol. The van der Waals surface area contributed by atoms with E-state index < -0.39 is 5.97 Å². The fraction of sp³-hybridized carbons (Fsp3) is 0.333. The van der Waals surface area contributed by atoms with Gasteiger partial charge in [-0.25, -0.2) is 4.79 Å². The van der Waals surface area contributed by atoms with Crippen molar-refractivity contribution in [3.8, 4) is 5.75 Å². The number of halogens is 1. The average Bonchev–Trinajstić information content (AvgIpc) is 3.02. The SMILES string of the molecule is CCc1oc(C(=O)N(C)CCCOc2cccc(Cl)c2)cc1C(=O)O. The first-order valence-electron chi connectivity index (χ1n) is 7.92. The van der Waals surface area contributed by atoms with E-state index in [2.05, 4.69) is 0 Å². The maximum atomic E-state index is 12.3. The molecule has 1 heterocycles. The van der Waals surface area contributed by atoms with Crippen molar-refractivity contribution in [3.05, 3.63) is 52.4 Å². The molecule has 1 N–H and O–H groups in total. The van der Waals surface area contributed by atoms with E-state index in [9.17, 15) is 9.59 Å². The van der Waals surface area contributed by atoms with Crippen LogP contribution in [0.5, 0.6) is 5.75 Å². The normalized spacial score (nSPS) is 10.5. The number of aromatic carboxylic acids is 1. The molecular formula is C18H20ClNO5. The number of furan rings is 1. The van der Waals surface area contributed by atoms with Gasteiger partial charge in [0.2, 0.25) is 0 Å². The summed E-state index contributed by atoms with van der Waals surface area (Å²) in [5.41, 5.74) is 0.0311. The lowest BCUT2D eigenvalue weighted by Crippen LogP contribution is -2.28. The van der Waals surface area contributed by atoms with Crippen molar-refractivity contribution in [3.63, 3.8) is 0 Å². The third kappa shape index (κ3) is 5.00. The highest BCUT2D eigenvalue weighted by molar-refractivity contribution is 6.30. The smallest absolute Gasteiger partial charge is 0.339 e. The number of aryl methyl sites for hydroxylation is 1. The van der Waals surface area contributed by atoms with Gasteiger partial charge in [-0.2, -0.15) is 0 Å². The number of benzene rings is 1. The molecule has 1 aromatic carbocycles. The molecule has 0 aliphatic carbocycles. The topological polar surface area (TPSA) is 80.0 Å². The summed E-state index contributed by atoms with van der Waals surface area (Å²) in [6.45, 7) is 2.65. The van der Waals surface area contributed by atoms with Gasteiger partial charge in [0, 0.05) is 31.1 Å². The minimum atomic E-state index is -1.10. The Morgan fingerprint density at radius 3 is 2.68 bits per heavy atom. The second-order valence-electron chi connectivity index (χ2n) is 5.49. The molecule has 0 saturated heterocycles. The summed E-state index contributed by atoms with van der Waals surface area (Å²) in [5.74, 6) is -0.450. The molecule has 7 heteroatoms. The lowest BCUT2D eigenvalue weighted by Gasteiger charge is -2.15. The van der Waals surface area contributed by atoms with Gasteiger partial charge in [-0.15, -0.1) is 0 Å². The van der Waals surface area contributed by atoms with Crippen molar-refractivity contribution in [1.29, 1.82) is 0 Å². The van der Waals surface area contributed by atoms with Crippen LogP contribution in [0.1, 0.15) is 40.0 Å². The zero-order chi connectivity index (χ0) is 18.4. The van der Waals surface area contributed by atoms with Crippen LogP contribution in [0.15, 0.2) is 34.7 Å². The largest absolute Gasteiger partial charge is 0.493 e. The predicted octanol–water partition coefficient (Wildman–Crippen LogP) is 3.73. The van der Waals surface area contributed by atoms with E-state index in [-0.39, 0.29) is 17.2 Å². The van der Waals surface area contributed by atoms with Crippen LogP contribution in [-0.2, 0) is 6.42 Å². The third-order valence-corrected chi connectivity index (χ3v) is 3.86. The molecule has 1 aromatic heterocycles. The van der Waals surface area contributed by atoms with Gasteiger partial charge in [0.1, 0.15) is 17.1 Å². The van der Waals surface area contributed by atoms with E-state index in [0.29, 0.717) is 42.5 Å². The van der Waals surface area contributed by atoms with Gasteiger partial charge in [-0.3, -0.25) is 4.79 Å². The molecule has 6 nitrogen and oxygen atoms in total.